The van der Waals surface area contributed by atoms with E-state index >= 15 is 0 Å². The van der Waals surface area contributed by atoms with Crippen molar-refractivity contribution in [3.63, 3.8) is 0 Å². The second-order valence-electron chi connectivity index (χ2n) is 4.42. The number of nitrogens with one attached hydrogen (secondary N) is 1. The Hall–Kier alpha value is -1.56. The first-order valence-corrected chi connectivity index (χ1v) is 7.59. The van der Waals surface area contributed by atoms with Crippen molar-refractivity contribution in [1.29, 1.82) is 0 Å². The van der Waals surface area contributed by atoms with Gasteiger partial charge in [-0.2, -0.15) is 0 Å². The maximum atomic E-state index is 11.1. The first-order chi connectivity index (χ1) is 9.59. The van der Waals surface area contributed by atoms with Crippen molar-refractivity contribution in [2.75, 3.05) is 12.4 Å². The highest BCUT2D eigenvalue weighted by Gasteiger charge is 2.02. The number of thioether (sulfide) groups is 1. The number of carbonyl (C=O) groups excluding carboxylic acids is 1. The number of H-pyrrole nitrogens is 1. The largest absolute Gasteiger partial charge is 0.462 e. The van der Waals surface area contributed by atoms with E-state index in [9.17, 15) is 9.59 Å². The summed E-state index contributed by atoms with van der Waals surface area (Å²) in [4.78, 5) is 28.9. The summed E-state index contributed by atoms with van der Waals surface area (Å²) < 4.78 is 5.00. The van der Waals surface area contributed by atoms with E-state index in [2.05, 4.69) is 16.5 Å². The molecule has 0 radical (unpaired) electrons. The number of nitrogens with zero attached hydrogens (tertiary/aromatic N) is 1. The maximum Gasteiger partial charge on any atom is 0.333 e. The highest BCUT2D eigenvalue weighted by molar-refractivity contribution is 7.99. The van der Waals surface area contributed by atoms with Crippen molar-refractivity contribution in [3.05, 3.63) is 34.8 Å². The summed E-state index contributed by atoms with van der Waals surface area (Å²) in [5.74, 6) is 0.595. The van der Waals surface area contributed by atoms with Crippen LogP contribution in [0.2, 0.25) is 0 Å². The standard InChI is InChI=1S/C14H20N2O3S/c1-11(2)13(18)19-9-5-3-4-6-10-20-14-15-8-7-12(17)16-14/h7-8H,1,3-6,9-10H2,2H3,(H,15,16,17). The molecule has 1 rings (SSSR count). The second kappa shape index (κ2) is 9.36. The van der Waals surface area contributed by atoms with Crippen molar-refractivity contribution in [3.8, 4) is 0 Å². The molecule has 0 aromatic carbocycles. The molecule has 1 aromatic rings. The highest BCUT2D eigenvalue weighted by atomic mass is 32.2. The van der Waals surface area contributed by atoms with Gasteiger partial charge < -0.3 is 9.72 Å². The Bertz CT molecular complexity index is 499. The van der Waals surface area contributed by atoms with Crippen molar-refractivity contribution in [1.82, 2.24) is 9.97 Å². The molecule has 0 amide bonds. The molecule has 0 saturated heterocycles. The monoisotopic (exact) mass is 296 g/mol. The van der Waals surface area contributed by atoms with Crippen LogP contribution in [0.3, 0.4) is 0 Å². The van der Waals surface area contributed by atoms with Crippen molar-refractivity contribution >= 4 is 17.7 Å². The van der Waals surface area contributed by atoms with Gasteiger partial charge in [-0.25, -0.2) is 9.78 Å². The zero-order valence-corrected chi connectivity index (χ0v) is 12.5. The fourth-order valence-electron chi connectivity index (χ4n) is 1.44. The molecular formula is C14H20N2O3S. The molecule has 1 heterocycles. The average Bonchev–Trinajstić information content (AvgIpc) is 2.41. The van der Waals surface area contributed by atoms with Crippen LogP contribution in [-0.2, 0) is 9.53 Å². The summed E-state index contributed by atoms with van der Waals surface area (Å²) in [6, 6.07) is 1.40. The van der Waals surface area contributed by atoms with Gasteiger partial charge in [0.25, 0.3) is 5.56 Å². The number of unbranched alkanes of at least 4 members (excludes halogenated alkanes) is 3. The molecule has 0 aliphatic rings. The minimum Gasteiger partial charge on any atom is -0.462 e. The molecule has 0 aliphatic heterocycles. The molecule has 0 saturated carbocycles. The van der Waals surface area contributed by atoms with Gasteiger partial charge in [-0.1, -0.05) is 31.2 Å². The number of aromatic amines is 1. The lowest BCUT2D eigenvalue weighted by Crippen LogP contribution is -2.06. The number of rotatable bonds is 9. The Morgan fingerprint density at radius 2 is 2.15 bits per heavy atom. The van der Waals surface area contributed by atoms with E-state index in [0.717, 1.165) is 31.4 Å². The molecule has 1 N–H and O–H groups in total. The third kappa shape index (κ3) is 7.13. The number of carbonyl (C=O) groups is 1. The normalized spacial score (nSPS) is 10.2. The van der Waals surface area contributed by atoms with Gasteiger partial charge in [0, 0.05) is 23.6 Å². The van der Waals surface area contributed by atoms with Gasteiger partial charge in [-0.3, -0.25) is 4.79 Å². The van der Waals surface area contributed by atoms with Crippen LogP contribution in [0.25, 0.3) is 0 Å². The van der Waals surface area contributed by atoms with Crippen molar-refractivity contribution in [2.45, 2.75) is 37.8 Å². The minimum atomic E-state index is -0.320. The second-order valence-corrected chi connectivity index (χ2v) is 5.50. The maximum absolute atomic E-state index is 11.1. The van der Waals surface area contributed by atoms with Crippen LogP contribution < -0.4 is 5.56 Å². The highest BCUT2D eigenvalue weighted by Crippen LogP contribution is 2.13. The fourth-order valence-corrected chi connectivity index (χ4v) is 2.29. The first kappa shape index (κ1) is 16.5. The van der Waals surface area contributed by atoms with Crippen molar-refractivity contribution in [2.24, 2.45) is 0 Å². The molecule has 20 heavy (non-hydrogen) atoms. The summed E-state index contributed by atoms with van der Waals surface area (Å²) in [6.45, 7) is 5.61. The van der Waals surface area contributed by atoms with Crippen LogP contribution in [0.4, 0.5) is 0 Å². The lowest BCUT2D eigenvalue weighted by atomic mass is 10.2. The summed E-state index contributed by atoms with van der Waals surface area (Å²) in [6.07, 6.45) is 5.50. The lowest BCUT2D eigenvalue weighted by Gasteiger charge is -2.04. The summed E-state index contributed by atoms with van der Waals surface area (Å²) >= 11 is 1.54. The van der Waals surface area contributed by atoms with Crippen LogP contribution in [-0.4, -0.2) is 28.3 Å². The smallest absolute Gasteiger partial charge is 0.333 e. The van der Waals surface area contributed by atoms with E-state index in [4.69, 9.17) is 4.74 Å². The van der Waals surface area contributed by atoms with Gasteiger partial charge in [0.2, 0.25) is 0 Å². The number of hydrogen-bond donors (Lipinski definition) is 1. The van der Waals surface area contributed by atoms with Gasteiger partial charge in [-0.15, -0.1) is 0 Å². The van der Waals surface area contributed by atoms with Crippen LogP contribution in [0.1, 0.15) is 32.6 Å². The van der Waals surface area contributed by atoms with Gasteiger partial charge in [-0.05, 0) is 19.8 Å². The molecule has 0 aliphatic carbocycles. The van der Waals surface area contributed by atoms with E-state index in [1.807, 2.05) is 0 Å². The fraction of sp³-hybridized carbons (Fsp3) is 0.500. The molecule has 0 atom stereocenters. The molecule has 0 fully saturated rings. The Balaban J connectivity index is 1.99. The quantitative estimate of drug-likeness (QED) is 0.249. The zero-order chi connectivity index (χ0) is 14.8. The number of hydrogen-bond acceptors (Lipinski definition) is 5. The summed E-state index contributed by atoms with van der Waals surface area (Å²) in [5, 5.41) is 0.660. The predicted octanol–water partition coefficient (Wildman–Crippen LogP) is 2.54. The number of aromatic nitrogens is 2. The van der Waals surface area contributed by atoms with E-state index in [1.165, 1.54) is 12.3 Å². The van der Waals surface area contributed by atoms with E-state index in [-0.39, 0.29) is 11.5 Å². The molecule has 0 spiro atoms. The van der Waals surface area contributed by atoms with E-state index in [1.54, 1.807) is 18.7 Å². The number of ether oxygens (including phenoxy) is 1. The van der Waals surface area contributed by atoms with Crippen LogP contribution in [0.15, 0.2) is 34.4 Å². The molecule has 0 bridgehead atoms. The first-order valence-electron chi connectivity index (χ1n) is 6.60. The third-order valence-electron chi connectivity index (χ3n) is 2.51. The van der Waals surface area contributed by atoms with Gasteiger partial charge in [0.05, 0.1) is 6.61 Å². The Morgan fingerprint density at radius 3 is 2.85 bits per heavy atom. The van der Waals surface area contributed by atoms with Crippen LogP contribution in [0.5, 0.6) is 0 Å². The van der Waals surface area contributed by atoms with E-state index < -0.39 is 0 Å². The van der Waals surface area contributed by atoms with Crippen molar-refractivity contribution < 1.29 is 9.53 Å². The Morgan fingerprint density at radius 1 is 1.40 bits per heavy atom. The SMILES string of the molecule is C=C(C)C(=O)OCCCCCCSc1nccc(=O)[nH]1. The lowest BCUT2D eigenvalue weighted by molar-refractivity contribution is -0.139. The topological polar surface area (TPSA) is 72.0 Å². The molecule has 6 heteroatoms. The molecule has 110 valence electrons. The van der Waals surface area contributed by atoms with Gasteiger partial charge in [0.15, 0.2) is 5.16 Å². The Kier molecular flexibility index (Phi) is 7.72. The van der Waals surface area contributed by atoms with Crippen LogP contribution >= 0.6 is 11.8 Å². The Labute approximate surface area is 122 Å². The summed E-state index contributed by atoms with van der Waals surface area (Å²) in [7, 11) is 0. The van der Waals surface area contributed by atoms with Crippen LogP contribution in [0, 0.1) is 0 Å². The third-order valence-corrected chi connectivity index (χ3v) is 3.48. The van der Waals surface area contributed by atoms with Gasteiger partial charge >= 0.3 is 5.97 Å². The predicted molar refractivity (Wildman–Crippen MR) is 79.8 cm³/mol. The average molecular weight is 296 g/mol. The molecule has 0 unspecified atom stereocenters. The molecule has 5 nitrogen and oxygen atoms in total. The zero-order valence-electron chi connectivity index (χ0n) is 11.7. The minimum absolute atomic E-state index is 0.123. The molecular weight excluding hydrogens is 276 g/mol. The van der Waals surface area contributed by atoms with Gasteiger partial charge in [0.1, 0.15) is 0 Å². The molecule has 1 aromatic heterocycles. The van der Waals surface area contributed by atoms with E-state index in [0.29, 0.717) is 17.3 Å². The number of esters is 1. The summed E-state index contributed by atoms with van der Waals surface area (Å²) in [5.41, 5.74) is 0.313.